The summed E-state index contributed by atoms with van der Waals surface area (Å²) in [6, 6.07) is 5.61. The van der Waals surface area contributed by atoms with Gasteiger partial charge in [-0.05, 0) is 19.1 Å². The molecule has 24 heavy (non-hydrogen) atoms. The third kappa shape index (κ3) is 5.21. The van der Waals surface area contributed by atoms with Crippen LogP contribution in [0.25, 0.3) is 0 Å². The van der Waals surface area contributed by atoms with E-state index >= 15 is 0 Å². The first-order chi connectivity index (χ1) is 11.7. The van der Waals surface area contributed by atoms with Gasteiger partial charge in [0.1, 0.15) is 0 Å². The lowest BCUT2D eigenvalue weighted by molar-refractivity contribution is -0.136. The average molecular weight is 349 g/mol. The van der Waals surface area contributed by atoms with E-state index in [1.54, 1.807) is 20.2 Å². The Bertz CT molecular complexity index is 582. The number of methoxy groups -OCH3 is 1. The molecule has 1 saturated heterocycles. The Kier molecular flexibility index (Phi) is 7.53. The van der Waals surface area contributed by atoms with Crippen molar-refractivity contribution in [3.8, 4) is 11.8 Å². The highest BCUT2D eigenvalue weighted by Crippen LogP contribution is 2.34. The molecular formula is C17H23N3O3S. The van der Waals surface area contributed by atoms with Crippen LogP contribution in [0, 0.1) is 11.8 Å². The van der Waals surface area contributed by atoms with Gasteiger partial charge in [0.05, 0.1) is 24.8 Å². The minimum atomic E-state index is -1.08. The first kappa shape index (κ1) is 18.7. The highest BCUT2D eigenvalue weighted by atomic mass is 32.2. The van der Waals surface area contributed by atoms with Gasteiger partial charge in [-0.3, -0.25) is 9.69 Å². The molecule has 1 fully saturated rings. The van der Waals surface area contributed by atoms with Gasteiger partial charge in [0.15, 0.2) is 0 Å². The van der Waals surface area contributed by atoms with Gasteiger partial charge in [-0.25, -0.2) is 4.98 Å². The molecule has 0 saturated carbocycles. The molecule has 0 aromatic carbocycles. The highest BCUT2D eigenvalue weighted by Gasteiger charge is 2.42. The topological polar surface area (TPSA) is 63.7 Å². The van der Waals surface area contributed by atoms with Crippen LogP contribution in [0.2, 0.25) is 0 Å². The molecule has 1 aromatic rings. The molecule has 1 N–H and O–H groups in total. The molecular weight excluding hydrogens is 326 g/mol. The molecule has 0 aliphatic carbocycles. The number of ether oxygens (including phenoxy) is 2. The number of morpholine rings is 1. The van der Waals surface area contributed by atoms with Crippen LogP contribution in [-0.2, 0) is 14.3 Å². The number of rotatable bonds is 7. The number of pyridine rings is 1. The van der Waals surface area contributed by atoms with E-state index in [-0.39, 0.29) is 5.91 Å². The molecule has 130 valence electrons. The van der Waals surface area contributed by atoms with Crippen LogP contribution in [0.4, 0.5) is 0 Å². The lowest BCUT2D eigenvalue weighted by Gasteiger charge is -2.36. The Morgan fingerprint density at radius 2 is 2.29 bits per heavy atom. The molecule has 1 aliphatic heterocycles. The molecule has 2 heterocycles. The van der Waals surface area contributed by atoms with E-state index in [0.29, 0.717) is 26.3 Å². The Morgan fingerprint density at radius 3 is 2.92 bits per heavy atom. The molecule has 1 aliphatic rings. The number of amides is 1. The second kappa shape index (κ2) is 9.64. The van der Waals surface area contributed by atoms with Gasteiger partial charge in [0, 0.05) is 32.9 Å². The predicted octanol–water partition coefficient (Wildman–Crippen LogP) is 0.988. The molecule has 1 aromatic heterocycles. The third-order valence-corrected chi connectivity index (χ3v) is 4.89. The number of thioether (sulfide) groups is 1. The number of nitrogens with zero attached hydrogens (tertiary/aromatic N) is 2. The van der Waals surface area contributed by atoms with Crippen LogP contribution >= 0.6 is 11.8 Å². The largest absolute Gasteiger partial charge is 0.379 e. The van der Waals surface area contributed by atoms with Crippen molar-refractivity contribution in [2.24, 2.45) is 0 Å². The Balaban J connectivity index is 2.18. The summed E-state index contributed by atoms with van der Waals surface area (Å²) in [4.78, 5) is 18.2. The lowest BCUT2D eigenvalue weighted by atomic mass is 10.2. The zero-order chi connectivity index (χ0) is 17.3. The quantitative estimate of drug-likeness (QED) is 0.450. The molecule has 2 rings (SSSR count). The SMILES string of the molecule is CC#CCNC(=O)C(CN1CCOCC1)(OC)Sc1ccccn1. The van der Waals surface area contributed by atoms with Crippen molar-refractivity contribution in [2.75, 3.05) is 46.5 Å². The van der Waals surface area contributed by atoms with E-state index in [2.05, 4.69) is 27.0 Å². The molecule has 6 nitrogen and oxygen atoms in total. The zero-order valence-corrected chi connectivity index (χ0v) is 14.9. The van der Waals surface area contributed by atoms with Crippen LogP contribution in [0.5, 0.6) is 0 Å². The Labute approximate surface area is 147 Å². The summed E-state index contributed by atoms with van der Waals surface area (Å²) in [5.41, 5.74) is 0. The van der Waals surface area contributed by atoms with Crippen molar-refractivity contribution in [3.63, 3.8) is 0 Å². The fourth-order valence-corrected chi connectivity index (χ4v) is 3.42. The molecule has 0 spiro atoms. The van der Waals surface area contributed by atoms with E-state index in [1.807, 2.05) is 18.2 Å². The normalized spacial score (nSPS) is 17.4. The first-order valence-corrected chi connectivity index (χ1v) is 8.65. The maximum atomic E-state index is 12.8. The van der Waals surface area contributed by atoms with Crippen molar-refractivity contribution in [1.82, 2.24) is 15.2 Å². The van der Waals surface area contributed by atoms with Crippen molar-refractivity contribution >= 4 is 17.7 Å². The fourth-order valence-electron chi connectivity index (χ4n) is 2.33. The van der Waals surface area contributed by atoms with Gasteiger partial charge >= 0.3 is 0 Å². The van der Waals surface area contributed by atoms with Crippen molar-refractivity contribution < 1.29 is 14.3 Å². The monoisotopic (exact) mass is 349 g/mol. The summed E-state index contributed by atoms with van der Waals surface area (Å²) >= 11 is 1.32. The van der Waals surface area contributed by atoms with E-state index in [4.69, 9.17) is 9.47 Å². The second-order valence-corrected chi connectivity index (χ2v) is 6.51. The molecule has 1 unspecified atom stereocenters. The molecule has 1 atom stereocenters. The van der Waals surface area contributed by atoms with Gasteiger partial charge < -0.3 is 14.8 Å². The minimum absolute atomic E-state index is 0.199. The Hall–Kier alpha value is -1.59. The highest BCUT2D eigenvalue weighted by molar-refractivity contribution is 8.01. The maximum absolute atomic E-state index is 12.8. The number of carbonyl (C=O) groups is 1. The average Bonchev–Trinajstić information content (AvgIpc) is 2.63. The van der Waals surface area contributed by atoms with Gasteiger partial charge in [0.2, 0.25) is 4.93 Å². The molecule has 0 radical (unpaired) electrons. The summed E-state index contributed by atoms with van der Waals surface area (Å²) < 4.78 is 11.1. The minimum Gasteiger partial charge on any atom is -0.379 e. The number of hydrogen-bond donors (Lipinski definition) is 1. The van der Waals surface area contributed by atoms with Gasteiger partial charge in [-0.2, -0.15) is 0 Å². The number of aromatic nitrogens is 1. The summed E-state index contributed by atoms with van der Waals surface area (Å²) in [5.74, 6) is 5.42. The maximum Gasteiger partial charge on any atom is 0.265 e. The lowest BCUT2D eigenvalue weighted by Crippen LogP contribution is -2.55. The number of nitrogens with one attached hydrogen (secondary N) is 1. The van der Waals surface area contributed by atoms with E-state index < -0.39 is 4.93 Å². The summed E-state index contributed by atoms with van der Waals surface area (Å²) in [5, 5.41) is 3.58. The molecule has 7 heteroatoms. The van der Waals surface area contributed by atoms with E-state index in [0.717, 1.165) is 18.1 Å². The van der Waals surface area contributed by atoms with Gasteiger partial charge in [0.25, 0.3) is 5.91 Å². The second-order valence-electron chi connectivity index (χ2n) is 5.23. The Morgan fingerprint density at radius 1 is 1.50 bits per heavy atom. The van der Waals surface area contributed by atoms with Crippen LogP contribution < -0.4 is 5.32 Å². The van der Waals surface area contributed by atoms with Crippen molar-refractivity contribution in [3.05, 3.63) is 24.4 Å². The molecule has 1 amide bonds. The number of hydrogen-bond acceptors (Lipinski definition) is 6. The summed E-state index contributed by atoms with van der Waals surface area (Å²) in [6.07, 6.45) is 1.71. The number of carbonyl (C=O) groups excluding carboxylic acids is 1. The van der Waals surface area contributed by atoms with E-state index in [1.165, 1.54) is 11.8 Å². The van der Waals surface area contributed by atoms with Crippen LogP contribution in [0.1, 0.15) is 6.92 Å². The van der Waals surface area contributed by atoms with Crippen LogP contribution in [0.3, 0.4) is 0 Å². The zero-order valence-electron chi connectivity index (χ0n) is 14.1. The van der Waals surface area contributed by atoms with Crippen molar-refractivity contribution in [2.45, 2.75) is 16.9 Å². The van der Waals surface area contributed by atoms with Crippen molar-refractivity contribution in [1.29, 1.82) is 0 Å². The third-order valence-electron chi connectivity index (χ3n) is 3.63. The van der Waals surface area contributed by atoms with Crippen LogP contribution in [-0.4, -0.2) is 67.2 Å². The van der Waals surface area contributed by atoms with Crippen LogP contribution in [0.15, 0.2) is 29.4 Å². The summed E-state index contributed by atoms with van der Waals surface area (Å²) in [6.45, 7) is 5.37. The van der Waals surface area contributed by atoms with Gasteiger partial charge in [-0.15, -0.1) is 5.92 Å². The fraction of sp³-hybridized carbons (Fsp3) is 0.529. The smallest absolute Gasteiger partial charge is 0.265 e. The first-order valence-electron chi connectivity index (χ1n) is 7.83. The summed E-state index contributed by atoms with van der Waals surface area (Å²) in [7, 11) is 1.56. The van der Waals surface area contributed by atoms with Gasteiger partial charge in [-0.1, -0.05) is 23.7 Å². The standard InChI is InChI=1S/C17H23N3O3S/c1-3-4-8-19-16(21)17(22-2,14-20-10-12-23-13-11-20)24-15-7-5-6-9-18-15/h5-7,9H,8,10-14H2,1-2H3,(H,19,21). The predicted molar refractivity (Wildman–Crippen MR) is 93.6 cm³/mol. The van der Waals surface area contributed by atoms with E-state index in [9.17, 15) is 4.79 Å². The molecule has 0 bridgehead atoms.